The number of nitrogens with one attached hydrogen (secondary N) is 1. The Morgan fingerprint density at radius 3 is 2.27 bits per heavy atom. The van der Waals surface area contributed by atoms with Gasteiger partial charge >= 0.3 is 0 Å². The lowest BCUT2D eigenvalue weighted by atomic mass is 9.78. The van der Waals surface area contributed by atoms with Crippen molar-refractivity contribution in [2.75, 3.05) is 0 Å². The van der Waals surface area contributed by atoms with E-state index >= 15 is 0 Å². The SMILES string of the molecule is O=C(NCc1ccc(Cl)cc1)C1(c2ccccc2)CCCC1. The minimum atomic E-state index is -0.353. The Balaban J connectivity index is 1.75. The lowest BCUT2D eigenvalue weighted by Crippen LogP contribution is -2.42. The van der Waals surface area contributed by atoms with Crippen LogP contribution in [0.15, 0.2) is 54.6 Å². The number of halogens is 1. The van der Waals surface area contributed by atoms with Crippen molar-refractivity contribution in [2.24, 2.45) is 0 Å². The standard InChI is InChI=1S/C19H20ClNO/c20-17-10-8-15(9-11-17)14-21-18(22)19(12-4-5-13-19)16-6-2-1-3-7-16/h1-3,6-11H,4-5,12-14H2,(H,21,22). The third-order valence-corrected chi connectivity index (χ3v) is 4.84. The highest BCUT2D eigenvalue weighted by Gasteiger charge is 2.42. The highest BCUT2D eigenvalue weighted by molar-refractivity contribution is 6.30. The van der Waals surface area contributed by atoms with E-state index in [-0.39, 0.29) is 11.3 Å². The summed E-state index contributed by atoms with van der Waals surface area (Å²) in [4.78, 5) is 12.9. The fourth-order valence-electron chi connectivity index (χ4n) is 3.34. The van der Waals surface area contributed by atoms with Crippen LogP contribution in [-0.4, -0.2) is 5.91 Å². The topological polar surface area (TPSA) is 29.1 Å². The minimum absolute atomic E-state index is 0.145. The fraction of sp³-hybridized carbons (Fsp3) is 0.316. The molecule has 0 heterocycles. The largest absolute Gasteiger partial charge is 0.351 e. The molecule has 0 aliphatic heterocycles. The van der Waals surface area contributed by atoms with Crippen molar-refractivity contribution in [3.8, 4) is 0 Å². The van der Waals surface area contributed by atoms with Crippen molar-refractivity contribution in [3.05, 3.63) is 70.7 Å². The second-order valence-electron chi connectivity index (χ2n) is 5.96. The van der Waals surface area contributed by atoms with Crippen molar-refractivity contribution in [3.63, 3.8) is 0 Å². The summed E-state index contributed by atoms with van der Waals surface area (Å²) in [6, 6.07) is 17.8. The van der Waals surface area contributed by atoms with Gasteiger partial charge in [-0.05, 0) is 36.1 Å². The highest BCUT2D eigenvalue weighted by atomic mass is 35.5. The molecule has 2 nitrogen and oxygen atoms in total. The third kappa shape index (κ3) is 3.02. The smallest absolute Gasteiger partial charge is 0.230 e. The number of benzene rings is 2. The van der Waals surface area contributed by atoms with Crippen LogP contribution in [0.1, 0.15) is 36.8 Å². The molecular formula is C19H20ClNO. The highest BCUT2D eigenvalue weighted by Crippen LogP contribution is 2.41. The number of rotatable bonds is 4. The van der Waals surface area contributed by atoms with Gasteiger partial charge < -0.3 is 5.32 Å². The fourth-order valence-corrected chi connectivity index (χ4v) is 3.46. The molecule has 0 saturated heterocycles. The predicted octanol–water partition coefficient (Wildman–Crippen LogP) is 4.47. The molecule has 3 heteroatoms. The van der Waals surface area contributed by atoms with Gasteiger partial charge in [0.1, 0.15) is 0 Å². The summed E-state index contributed by atoms with van der Waals surface area (Å²) in [6.07, 6.45) is 4.10. The first-order chi connectivity index (χ1) is 10.7. The quantitative estimate of drug-likeness (QED) is 0.886. The van der Waals surface area contributed by atoms with Crippen LogP contribution in [0.3, 0.4) is 0 Å². The predicted molar refractivity (Wildman–Crippen MR) is 89.9 cm³/mol. The van der Waals surface area contributed by atoms with E-state index in [0.29, 0.717) is 11.6 Å². The molecule has 1 amide bonds. The molecule has 0 unspecified atom stereocenters. The van der Waals surface area contributed by atoms with Gasteiger partial charge in [-0.2, -0.15) is 0 Å². The molecule has 2 aromatic carbocycles. The van der Waals surface area contributed by atoms with Crippen LogP contribution >= 0.6 is 11.6 Å². The number of carbonyl (C=O) groups is 1. The van der Waals surface area contributed by atoms with Crippen LogP contribution in [0.25, 0.3) is 0 Å². The van der Waals surface area contributed by atoms with E-state index < -0.39 is 0 Å². The first-order valence-electron chi connectivity index (χ1n) is 7.79. The molecule has 3 rings (SSSR count). The number of amides is 1. The molecule has 1 aliphatic rings. The number of carbonyl (C=O) groups excluding carboxylic acids is 1. The summed E-state index contributed by atoms with van der Waals surface area (Å²) in [5.41, 5.74) is 1.85. The second kappa shape index (κ2) is 6.53. The Hall–Kier alpha value is -1.80. The summed E-state index contributed by atoms with van der Waals surface area (Å²) >= 11 is 5.89. The van der Waals surface area contributed by atoms with Crippen LogP contribution < -0.4 is 5.32 Å². The van der Waals surface area contributed by atoms with Gasteiger partial charge in [-0.15, -0.1) is 0 Å². The Labute approximate surface area is 136 Å². The molecule has 0 radical (unpaired) electrons. The Morgan fingerprint density at radius 1 is 1.00 bits per heavy atom. The lowest BCUT2D eigenvalue weighted by Gasteiger charge is -2.28. The van der Waals surface area contributed by atoms with Crippen molar-refractivity contribution >= 4 is 17.5 Å². The molecule has 0 bridgehead atoms. The molecule has 114 valence electrons. The van der Waals surface area contributed by atoms with Gasteiger partial charge in [-0.25, -0.2) is 0 Å². The van der Waals surface area contributed by atoms with Crippen LogP contribution in [0.4, 0.5) is 0 Å². The van der Waals surface area contributed by atoms with E-state index in [4.69, 9.17) is 11.6 Å². The maximum absolute atomic E-state index is 12.9. The van der Waals surface area contributed by atoms with E-state index in [0.717, 1.165) is 36.8 Å². The zero-order chi connectivity index (χ0) is 15.4. The third-order valence-electron chi connectivity index (χ3n) is 4.58. The maximum Gasteiger partial charge on any atom is 0.230 e. The summed E-state index contributed by atoms with van der Waals surface area (Å²) < 4.78 is 0. The van der Waals surface area contributed by atoms with Gasteiger partial charge in [-0.3, -0.25) is 4.79 Å². The second-order valence-corrected chi connectivity index (χ2v) is 6.40. The molecule has 0 atom stereocenters. The average molecular weight is 314 g/mol. The summed E-state index contributed by atoms with van der Waals surface area (Å²) in [5.74, 6) is 0.145. The van der Waals surface area contributed by atoms with Crippen LogP contribution in [0.5, 0.6) is 0 Å². The lowest BCUT2D eigenvalue weighted by molar-refractivity contribution is -0.126. The van der Waals surface area contributed by atoms with Crippen molar-refractivity contribution in [2.45, 2.75) is 37.6 Å². The molecular weight excluding hydrogens is 294 g/mol. The van der Waals surface area contributed by atoms with Crippen molar-refractivity contribution in [1.82, 2.24) is 5.32 Å². The Bertz CT molecular complexity index is 630. The Kier molecular flexibility index (Phi) is 4.49. The average Bonchev–Trinajstić information content (AvgIpc) is 3.06. The van der Waals surface area contributed by atoms with E-state index in [2.05, 4.69) is 17.4 Å². The molecule has 1 saturated carbocycles. The van der Waals surface area contributed by atoms with Gasteiger partial charge in [0.25, 0.3) is 0 Å². The van der Waals surface area contributed by atoms with Gasteiger partial charge in [0.2, 0.25) is 5.91 Å². The van der Waals surface area contributed by atoms with E-state index in [9.17, 15) is 4.79 Å². The number of hydrogen-bond donors (Lipinski definition) is 1. The molecule has 2 aromatic rings. The van der Waals surface area contributed by atoms with Crippen molar-refractivity contribution < 1.29 is 4.79 Å². The molecule has 1 N–H and O–H groups in total. The molecule has 0 spiro atoms. The van der Waals surface area contributed by atoms with E-state index in [1.807, 2.05) is 42.5 Å². The van der Waals surface area contributed by atoms with Gasteiger partial charge in [0.05, 0.1) is 5.41 Å². The zero-order valence-corrected chi connectivity index (χ0v) is 13.3. The first kappa shape index (κ1) is 15.1. The molecule has 1 fully saturated rings. The zero-order valence-electron chi connectivity index (χ0n) is 12.5. The van der Waals surface area contributed by atoms with Crippen LogP contribution in [0.2, 0.25) is 5.02 Å². The first-order valence-corrected chi connectivity index (χ1v) is 8.17. The van der Waals surface area contributed by atoms with Gasteiger partial charge in [-0.1, -0.05) is 66.9 Å². The van der Waals surface area contributed by atoms with E-state index in [1.54, 1.807) is 0 Å². The molecule has 1 aliphatic carbocycles. The summed E-state index contributed by atoms with van der Waals surface area (Å²) in [5, 5.41) is 3.83. The Morgan fingerprint density at radius 2 is 1.64 bits per heavy atom. The molecule has 22 heavy (non-hydrogen) atoms. The van der Waals surface area contributed by atoms with Crippen LogP contribution in [0, 0.1) is 0 Å². The molecule has 0 aromatic heterocycles. The summed E-state index contributed by atoms with van der Waals surface area (Å²) in [6.45, 7) is 0.546. The van der Waals surface area contributed by atoms with E-state index in [1.165, 1.54) is 0 Å². The minimum Gasteiger partial charge on any atom is -0.351 e. The van der Waals surface area contributed by atoms with Crippen LogP contribution in [-0.2, 0) is 16.8 Å². The monoisotopic (exact) mass is 313 g/mol. The summed E-state index contributed by atoms with van der Waals surface area (Å²) in [7, 11) is 0. The maximum atomic E-state index is 12.9. The van der Waals surface area contributed by atoms with Gasteiger partial charge in [0, 0.05) is 11.6 Å². The van der Waals surface area contributed by atoms with Crippen molar-refractivity contribution in [1.29, 1.82) is 0 Å². The normalized spacial score (nSPS) is 16.4. The van der Waals surface area contributed by atoms with Gasteiger partial charge in [0.15, 0.2) is 0 Å². The number of hydrogen-bond acceptors (Lipinski definition) is 1.